The van der Waals surface area contributed by atoms with Crippen LogP contribution in [0.1, 0.15) is 18.1 Å². The van der Waals surface area contributed by atoms with E-state index < -0.39 is 24.6 Å². The highest BCUT2D eigenvalue weighted by molar-refractivity contribution is 5.95. The number of nitrogens with one attached hydrogen (secondary N) is 1. The Morgan fingerprint density at radius 3 is 2.84 bits per heavy atom. The van der Waals surface area contributed by atoms with E-state index in [-0.39, 0.29) is 12.5 Å². The first-order valence-corrected chi connectivity index (χ1v) is 5.62. The van der Waals surface area contributed by atoms with Crippen LogP contribution in [0.25, 0.3) is 0 Å². The fourth-order valence-corrected chi connectivity index (χ4v) is 1.79. The third-order valence-electron chi connectivity index (χ3n) is 2.73. The van der Waals surface area contributed by atoms with Gasteiger partial charge in [0.25, 0.3) is 5.91 Å². The maximum absolute atomic E-state index is 11.1. The SMILES string of the molecule is O=C(O)CC(O)C(O)c1ccc2c(c1)OCC(=O)N2. The molecule has 2 atom stereocenters. The van der Waals surface area contributed by atoms with Crippen molar-refractivity contribution >= 4 is 17.6 Å². The smallest absolute Gasteiger partial charge is 0.306 e. The predicted octanol–water partition coefficient (Wildman–Crippen LogP) is -0.113. The molecular formula is C12H13NO6. The second-order valence-electron chi connectivity index (χ2n) is 4.20. The van der Waals surface area contributed by atoms with Crippen molar-refractivity contribution in [1.29, 1.82) is 0 Å². The zero-order valence-corrected chi connectivity index (χ0v) is 9.87. The van der Waals surface area contributed by atoms with Crippen molar-refractivity contribution in [2.24, 2.45) is 0 Å². The number of aliphatic hydroxyl groups excluding tert-OH is 2. The molecule has 1 heterocycles. The van der Waals surface area contributed by atoms with Gasteiger partial charge in [0, 0.05) is 0 Å². The van der Waals surface area contributed by atoms with Gasteiger partial charge in [0.2, 0.25) is 0 Å². The number of fused-ring (bicyclic) bond motifs is 1. The van der Waals surface area contributed by atoms with E-state index in [0.29, 0.717) is 17.0 Å². The molecule has 4 N–H and O–H groups in total. The quantitative estimate of drug-likeness (QED) is 0.604. The van der Waals surface area contributed by atoms with Crippen molar-refractivity contribution in [1.82, 2.24) is 0 Å². The molecule has 1 aromatic rings. The first kappa shape index (κ1) is 13.3. The zero-order valence-electron chi connectivity index (χ0n) is 9.87. The molecule has 19 heavy (non-hydrogen) atoms. The van der Waals surface area contributed by atoms with E-state index in [4.69, 9.17) is 9.84 Å². The van der Waals surface area contributed by atoms with Crippen LogP contribution in [0.15, 0.2) is 18.2 Å². The van der Waals surface area contributed by atoms with E-state index in [1.807, 2.05) is 0 Å². The first-order valence-electron chi connectivity index (χ1n) is 5.62. The van der Waals surface area contributed by atoms with Gasteiger partial charge < -0.3 is 25.4 Å². The number of ether oxygens (including phenoxy) is 1. The van der Waals surface area contributed by atoms with Gasteiger partial charge in [-0.05, 0) is 17.7 Å². The van der Waals surface area contributed by atoms with Crippen LogP contribution in [0.2, 0.25) is 0 Å². The van der Waals surface area contributed by atoms with E-state index in [9.17, 15) is 19.8 Å². The van der Waals surface area contributed by atoms with Gasteiger partial charge in [-0.2, -0.15) is 0 Å². The average molecular weight is 267 g/mol. The molecule has 1 aliphatic rings. The largest absolute Gasteiger partial charge is 0.482 e. The summed E-state index contributed by atoms with van der Waals surface area (Å²) >= 11 is 0. The summed E-state index contributed by atoms with van der Waals surface area (Å²) in [5.41, 5.74) is 0.795. The molecule has 102 valence electrons. The molecule has 0 radical (unpaired) electrons. The highest BCUT2D eigenvalue weighted by Crippen LogP contribution is 2.31. The van der Waals surface area contributed by atoms with E-state index in [1.54, 1.807) is 0 Å². The maximum atomic E-state index is 11.1. The monoisotopic (exact) mass is 267 g/mol. The second kappa shape index (κ2) is 5.25. The molecule has 0 saturated carbocycles. The van der Waals surface area contributed by atoms with Gasteiger partial charge in [-0.25, -0.2) is 0 Å². The van der Waals surface area contributed by atoms with Crippen LogP contribution in [0, 0.1) is 0 Å². The van der Waals surface area contributed by atoms with E-state index in [0.717, 1.165) is 0 Å². The normalized spacial score (nSPS) is 16.8. The summed E-state index contributed by atoms with van der Waals surface area (Å²) in [7, 11) is 0. The van der Waals surface area contributed by atoms with E-state index in [2.05, 4.69) is 5.32 Å². The van der Waals surface area contributed by atoms with E-state index in [1.165, 1.54) is 18.2 Å². The molecule has 2 rings (SSSR count). The van der Waals surface area contributed by atoms with Crippen LogP contribution in [0.5, 0.6) is 5.75 Å². The Kier molecular flexibility index (Phi) is 3.68. The van der Waals surface area contributed by atoms with Gasteiger partial charge >= 0.3 is 5.97 Å². The topological polar surface area (TPSA) is 116 Å². The standard InChI is InChI=1S/C12H13NO6/c14-8(4-11(16)17)12(18)6-1-2-7-9(3-6)19-5-10(15)13-7/h1-3,8,12,14,18H,4-5H2,(H,13,15)(H,16,17). The van der Waals surface area contributed by atoms with Gasteiger partial charge in [-0.15, -0.1) is 0 Å². The number of carboxylic acids is 1. The van der Waals surface area contributed by atoms with Crippen LogP contribution < -0.4 is 10.1 Å². The molecule has 1 aliphatic heterocycles. The van der Waals surface area contributed by atoms with Crippen LogP contribution in [0.4, 0.5) is 5.69 Å². The minimum atomic E-state index is -1.41. The molecule has 0 bridgehead atoms. The number of anilines is 1. The minimum absolute atomic E-state index is 0.121. The molecule has 7 nitrogen and oxygen atoms in total. The molecule has 2 unspecified atom stereocenters. The van der Waals surface area contributed by atoms with Crippen LogP contribution >= 0.6 is 0 Å². The third-order valence-corrected chi connectivity index (χ3v) is 2.73. The van der Waals surface area contributed by atoms with Crippen molar-refractivity contribution in [3.05, 3.63) is 23.8 Å². The number of hydrogen-bond donors (Lipinski definition) is 4. The molecule has 1 aromatic carbocycles. The Balaban J connectivity index is 2.17. The lowest BCUT2D eigenvalue weighted by Crippen LogP contribution is -2.26. The summed E-state index contributed by atoms with van der Waals surface area (Å²) in [5, 5.41) is 30.5. The fourth-order valence-electron chi connectivity index (χ4n) is 1.79. The number of amides is 1. The number of hydrogen-bond acceptors (Lipinski definition) is 5. The summed E-state index contributed by atoms with van der Waals surface area (Å²) in [6, 6.07) is 4.48. The summed E-state index contributed by atoms with van der Waals surface area (Å²) in [4.78, 5) is 21.6. The lowest BCUT2D eigenvalue weighted by atomic mass is 10.0. The van der Waals surface area contributed by atoms with Gasteiger partial charge in [0.1, 0.15) is 11.9 Å². The average Bonchev–Trinajstić information content (AvgIpc) is 2.36. The molecule has 0 saturated heterocycles. The Bertz CT molecular complexity index is 515. The number of aliphatic carboxylic acids is 1. The first-order chi connectivity index (χ1) is 8.97. The molecule has 7 heteroatoms. The van der Waals surface area contributed by atoms with Crippen molar-refractivity contribution in [2.75, 3.05) is 11.9 Å². The summed E-state index contributed by atoms with van der Waals surface area (Å²) in [5.74, 6) is -1.10. The van der Waals surface area contributed by atoms with Gasteiger partial charge in [-0.1, -0.05) is 6.07 Å². The summed E-state index contributed by atoms with van der Waals surface area (Å²) in [6.45, 7) is -0.121. The molecule has 1 amide bonds. The van der Waals surface area contributed by atoms with Crippen LogP contribution in [-0.2, 0) is 9.59 Å². The fraction of sp³-hybridized carbons (Fsp3) is 0.333. The van der Waals surface area contributed by atoms with Gasteiger partial charge in [-0.3, -0.25) is 9.59 Å². The van der Waals surface area contributed by atoms with Crippen molar-refractivity contribution in [3.63, 3.8) is 0 Å². The Morgan fingerprint density at radius 1 is 1.42 bits per heavy atom. The Morgan fingerprint density at radius 2 is 2.16 bits per heavy atom. The summed E-state index contributed by atoms with van der Waals surface area (Å²) in [6.07, 6.45) is -3.30. The number of benzene rings is 1. The van der Waals surface area contributed by atoms with Crippen LogP contribution in [0.3, 0.4) is 0 Å². The van der Waals surface area contributed by atoms with Crippen molar-refractivity contribution < 1.29 is 29.6 Å². The number of carboxylic acid groups (broad SMARTS) is 1. The number of carbonyl (C=O) groups is 2. The van der Waals surface area contributed by atoms with E-state index >= 15 is 0 Å². The highest BCUT2D eigenvalue weighted by Gasteiger charge is 2.23. The van der Waals surface area contributed by atoms with Crippen molar-refractivity contribution in [2.45, 2.75) is 18.6 Å². The lowest BCUT2D eigenvalue weighted by Gasteiger charge is -2.21. The Hall–Kier alpha value is -2.12. The number of aliphatic hydroxyl groups is 2. The molecular weight excluding hydrogens is 254 g/mol. The number of rotatable bonds is 4. The number of carbonyl (C=O) groups excluding carboxylic acids is 1. The van der Waals surface area contributed by atoms with Crippen molar-refractivity contribution in [3.8, 4) is 5.75 Å². The summed E-state index contributed by atoms with van der Waals surface area (Å²) < 4.78 is 5.17. The minimum Gasteiger partial charge on any atom is -0.482 e. The zero-order chi connectivity index (χ0) is 14.0. The Labute approximate surface area is 108 Å². The third kappa shape index (κ3) is 3.01. The molecule has 0 fully saturated rings. The molecule has 0 spiro atoms. The van der Waals surface area contributed by atoms with Gasteiger partial charge in [0.05, 0.1) is 18.2 Å². The van der Waals surface area contributed by atoms with Crippen LogP contribution in [-0.4, -0.2) is 39.9 Å². The predicted molar refractivity (Wildman–Crippen MR) is 63.8 cm³/mol. The lowest BCUT2D eigenvalue weighted by molar-refractivity contribution is -0.141. The molecule has 0 aromatic heterocycles. The highest BCUT2D eigenvalue weighted by atomic mass is 16.5. The second-order valence-corrected chi connectivity index (χ2v) is 4.20. The molecule has 0 aliphatic carbocycles. The van der Waals surface area contributed by atoms with Gasteiger partial charge in [0.15, 0.2) is 6.61 Å². The maximum Gasteiger partial charge on any atom is 0.306 e.